The van der Waals surface area contributed by atoms with Gasteiger partial charge in [-0.25, -0.2) is 0 Å². The molecule has 0 bridgehead atoms. The van der Waals surface area contributed by atoms with Crippen LogP contribution in [0.4, 0.5) is 0 Å². The molecular weight excluding hydrogens is 268 g/mol. The van der Waals surface area contributed by atoms with Gasteiger partial charge in [0.15, 0.2) is 0 Å². The lowest BCUT2D eigenvalue weighted by Gasteiger charge is -2.08. The molecule has 4 heteroatoms. The van der Waals surface area contributed by atoms with Gasteiger partial charge in [-0.05, 0) is 35.2 Å². The van der Waals surface area contributed by atoms with Gasteiger partial charge in [0.1, 0.15) is 0 Å². The number of hydrogen-bond acceptors (Lipinski definition) is 4. The molecule has 90 valence electrons. The molecule has 0 saturated heterocycles. The summed E-state index contributed by atoms with van der Waals surface area (Å²) in [6.45, 7) is 0. The van der Waals surface area contributed by atoms with Crippen LogP contribution < -0.4 is 0 Å². The van der Waals surface area contributed by atoms with E-state index >= 15 is 0 Å². The third-order valence-corrected chi connectivity index (χ3v) is 6.19. The maximum atomic E-state index is 10.3. The Bertz CT molecular complexity index is 463. The SMILES string of the molecule is OC(Cc1cccs1)c1cc2c(s1)CCSC2. The molecule has 1 aliphatic heterocycles. The molecule has 0 spiro atoms. The Labute approximate surface area is 114 Å². The van der Waals surface area contributed by atoms with Crippen molar-refractivity contribution >= 4 is 34.4 Å². The highest BCUT2D eigenvalue weighted by Gasteiger charge is 2.18. The zero-order valence-corrected chi connectivity index (χ0v) is 11.8. The first-order valence-corrected chi connectivity index (χ1v) is 8.57. The van der Waals surface area contributed by atoms with Gasteiger partial charge < -0.3 is 5.11 Å². The number of aliphatic hydroxyl groups is 1. The molecule has 1 atom stereocenters. The first-order chi connectivity index (χ1) is 8.33. The molecule has 1 nitrogen and oxygen atoms in total. The lowest BCUT2D eigenvalue weighted by Crippen LogP contribution is -1.97. The zero-order valence-electron chi connectivity index (χ0n) is 9.39. The van der Waals surface area contributed by atoms with Crippen LogP contribution in [0.25, 0.3) is 0 Å². The van der Waals surface area contributed by atoms with Crippen molar-refractivity contribution in [2.75, 3.05) is 5.75 Å². The van der Waals surface area contributed by atoms with Crippen LogP contribution in [-0.2, 0) is 18.6 Å². The quantitative estimate of drug-likeness (QED) is 0.922. The van der Waals surface area contributed by atoms with E-state index in [-0.39, 0.29) is 6.10 Å². The Morgan fingerprint density at radius 2 is 2.35 bits per heavy atom. The fourth-order valence-corrected chi connectivity index (χ4v) is 5.16. The van der Waals surface area contributed by atoms with E-state index in [0.29, 0.717) is 0 Å². The van der Waals surface area contributed by atoms with Crippen molar-refractivity contribution in [2.45, 2.75) is 24.7 Å². The highest BCUT2D eigenvalue weighted by atomic mass is 32.2. The van der Waals surface area contributed by atoms with Crippen molar-refractivity contribution in [3.8, 4) is 0 Å². The standard InChI is InChI=1S/C13H14OS3/c14-11(7-10-2-1-4-16-10)13-6-9-8-15-5-3-12(9)17-13/h1-2,4,6,11,14H,3,5,7-8H2. The summed E-state index contributed by atoms with van der Waals surface area (Å²) in [5, 5.41) is 12.3. The van der Waals surface area contributed by atoms with Crippen LogP contribution >= 0.6 is 34.4 Å². The van der Waals surface area contributed by atoms with E-state index in [0.717, 1.165) is 17.1 Å². The minimum absolute atomic E-state index is 0.325. The van der Waals surface area contributed by atoms with Crippen molar-refractivity contribution in [2.24, 2.45) is 0 Å². The zero-order chi connectivity index (χ0) is 11.7. The minimum atomic E-state index is -0.325. The molecule has 0 saturated carbocycles. The van der Waals surface area contributed by atoms with Crippen LogP contribution in [0.2, 0.25) is 0 Å². The molecule has 0 radical (unpaired) electrons. The highest BCUT2D eigenvalue weighted by molar-refractivity contribution is 7.98. The molecule has 3 heterocycles. The normalized spacial score (nSPS) is 16.8. The van der Waals surface area contributed by atoms with Gasteiger partial charge in [-0.15, -0.1) is 22.7 Å². The second-order valence-corrected chi connectivity index (χ2v) is 7.50. The average Bonchev–Trinajstić information content (AvgIpc) is 2.96. The molecule has 1 N–H and O–H groups in total. The van der Waals surface area contributed by atoms with Gasteiger partial charge in [0.2, 0.25) is 0 Å². The average molecular weight is 282 g/mol. The molecule has 0 fully saturated rings. The molecule has 17 heavy (non-hydrogen) atoms. The Hall–Kier alpha value is -0.290. The Balaban J connectivity index is 1.77. The fraction of sp³-hybridized carbons (Fsp3) is 0.385. The monoisotopic (exact) mass is 282 g/mol. The predicted molar refractivity (Wildman–Crippen MR) is 77.2 cm³/mol. The summed E-state index contributed by atoms with van der Waals surface area (Å²) in [4.78, 5) is 3.90. The van der Waals surface area contributed by atoms with E-state index in [1.807, 2.05) is 17.8 Å². The maximum absolute atomic E-state index is 10.3. The molecule has 0 aromatic carbocycles. The second-order valence-electron chi connectivity index (χ2n) is 4.20. The van der Waals surface area contributed by atoms with Crippen LogP contribution in [0.15, 0.2) is 23.6 Å². The van der Waals surface area contributed by atoms with E-state index < -0.39 is 0 Å². The minimum Gasteiger partial charge on any atom is -0.387 e. The number of fused-ring (bicyclic) bond motifs is 1. The molecule has 2 aromatic rings. The summed E-state index contributed by atoms with van der Waals surface area (Å²) in [5.41, 5.74) is 1.45. The van der Waals surface area contributed by atoms with E-state index in [1.54, 1.807) is 22.7 Å². The summed E-state index contributed by atoms with van der Waals surface area (Å²) < 4.78 is 0. The van der Waals surface area contributed by atoms with E-state index in [2.05, 4.69) is 17.5 Å². The van der Waals surface area contributed by atoms with Gasteiger partial charge >= 0.3 is 0 Å². The van der Waals surface area contributed by atoms with Crippen molar-refractivity contribution in [3.63, 3.8) is 0 Å². The van der Waals surface area contributed by atoms with Crippen molar-refractivity contribution in [3.05, 3.63) is 43.8 Å². The number of thiophene rings is 2. The van der Waals surface area contributed by atoms with Crippen LogP contribution in [0.1, 0.15) is 26.3 Å². The second kappa shape index (κ2) is 5.14. The first kappa shape index (κ1) is 11.8. The van der Waals surface area contributed by atoms with Crippen molar-refractivity contribution in [1.29, 1.82) is 0 Å². The molecule has 0 aliphatic carbocycles. The number of aryl methyl sites for hydroxylation is 1. The van der Waals surface area contributed by atoms with E-state index in [4.69, 9.17) is 0 Å². The van der Waals surface area contributed by atoms with Gasteiger partial charge in [-0.1, -0.05) is 6.07 Å². The number of hydrogen-bond donors (Lipinski definition) is 1. The molecular formula is C13H14OS3. The molecule has 3 rings (SSSR count). The largest absolute Gasteiger partial charge is 0.387 e. The van der Waals surface area contributed by atoms with Gasteiger partial charge in [-0.2, -0.15) is 11.8 Å². The Morgan fingerprint density at radius 1 is 1.41 bits per heavy atom. The summed E-state index contributed by atoms with van der Waals surface area (Å²) in [5.74, 6) is 2.35. The van der Waals surface area contributed by atoms with Crippen LogP contribution in [0.3, 0.4) is 0 Å². The predicted octanol–water partition coefficient (Wildman–Crippen LogP) is 3.88. The van der Waals surface area contributed by atoms with Gasteiger partial charge in [0.05, 0.1) is 6.10 Å². The summed E-state index contributed by atoms with van der Waals surface area (Å²) in [6, 6.07) is 6.35. The number of aliphatic hydroxyl groups excluding tert-OH is 1. The topological polar surface area (TPSA) is 20.2 Å². The number of rotatable bonds is 3. The van der Waals surface area contributed by atoms with Crippen molar-refractivity contribution in [1.82, 2.24) is 0 Å². The van der Waals surface area contributed by atoms with Crippen LogP contribution in [0.5, 0.6) is 0 Å². The van der Waals surface area contributed by atoms with Crippen LogP contribution in [-0.4, -0.2) is 10.9 Å². The maximum Gasteiger partial charge on any atom is 0.0930 e. The molecule has 1 unspecified atom stereocenters. The lowest BCUT2D eigenvalue weighted by atomic mass is 10.1. The smallest absolute Gasteiger partial charge is 0.0930 e. The van der Waals surface area contributed by atoms with Crippen molar-refractivity contribution < 1.29 is 5.11 Å². The molecule has 1 aliphatic rings. The molecule has 0 amide bonds. The van der Waals surface area contributed by atoms with Gasteiger partial charge in [0, 0.05) is 26.8 Å². The van der Waals surface area contributed by atoms with Crippen LogP contribution in [0, 0.1) is 0 Å². The summed E-state index contributed by atoms with van der Waals surface area (Å²) >= 11 is 5.52. The third-order valence-electron chi connectivity index (χ3n) is 2.95. The highest BCUT2D eigenvalue weighted by Crippen LogP contribution is 2.35. The van der Waals surface area contributed by atoms with Gasteiger partial charge in [-0.3, -0.25) is 0 Å². The summed E-state index contributed by atoms with van der Waals surface area (Å²) in [7, 11) is 0. The van der Waals surface area contributed by atoms with E-state index in [9.17, 15) is 5.11 Å². The Morgan fingerprint density at radius 3 is 3.12 bits per heavy atom. The third kappa shape index (κ3) is 2.60. The lowest BCUT2D eigenvalue weighted by molar-refractivity contribution is 0.183. The first-order valence-electron chi connectivity index (χ1n) is 5.72. The fourth-order valence-electron chi connectivity index (χ4n) is 2.05. The number of thioether (sulfide) groups is 1. The van der Waals surface area contributed by atoms with Gasteiger partial charge in [0.25, 0.3) is 0 Å². The molecule has 2 aromatic heterocycles. The van der Waals surface area contributed by atoms with E-state index in [1.165, 1.54) is 27.5 Å². The Kier molecular flexibility index (Phi) is 3.56. The summed E-state index contributed by atoms with van der Waals surface area (Å²) in [6.07, 6.45) is 1.61.